The second-order valence-electron chi connectivity index (χ2n) is 4.58. The standard InChI is InChI=1S/C12H15N3O3/c1-12(2,5-6-16)14-10-3-4-11(15(17)18)9(7-10)8-13/h3-4,7,14,16H,5-6H2,1-2H3. The summed E-state index contributed by atoms with van der Waals surface area (Å²) < 4.78 is 0. The minimum absolute atomic E-state index is 0.0183. The maximum Gasteiger partial charge on any atom is 0.287 e. The third-order valence-electron chi connectivity index (χ3n) is 2.53. The summed E-state index contributed by atoms with van der Waals surface area (Å²) in [7, 11) is 0. The molecule has 18 heavy (non-hydrogen) atoms. The van der Waals surface area contributed by atoms with Crippen LogP contribution < -0.4 is 5.32 Å². The number of hydrogen-bond donors (Lipinski definition) is 2. The summed E-state index contributed by atoms with van der Waals surface area (Å²) in [4.78, 5) is 10.1. The number of nitro groups is 1. The second-order valence-corrected chi connectivity index (χ2v) is 4.58. The molecule has 0 heterocycles. The van der Waals surface area contributed by atoms with E-state index in [-0.39, 0.29) is 23.4 Å². The largest absolute Gasteiger partial charge is 0.396 e. The van der Waals surface area contributed by atoms with E-state index in [2.05, 4.69) is 5.32 Å². The predicted molar refractivity (Wildman–Crippen MR) is 67.2 cm³/mol. The average molecular weight is 249 g/mol. The van der Waals surface area contributed by atoms with Gasteiger partial charge in [0.15, 0.2) is 0 Å². The maximum atomic E-state index is 10.7. The van der Waals surface area contributed by atoms with E-state index in [0.29, 0.717) is 12.1 Å². The number of anilines is 1. The smallest absolute Gasteiger partial charge is 0.287 e. The van der Waals surface area contributed by atoms with Crippen LogP contribution in [0.2, 0.25) is 0 Å². The molecule has 6 nitrogen and oxygen atoms in total. The Morgan fingerprint density at radius 3 is 2.72 bits per heavy atom. The topological polar surface area (TPSA) is 99.2 Å². The summed E-state index contributed by atoms with van der Waals surface area (Å²) in [5, 5.41) is 31.6. The molecule has 0 unspecified atom stereocenters. The Hall–Kier alpha value is -2.13. The quantitative estimate of drug-likeness (QED) is 0.614. The number of aliphatic hydroxyl groups is 1. The lowest BCUT2D eigenvalue weighted by Gasteiger charge is -2.26. The predicted octanol–water partition coefficient (Wildman–Crippen LogP) is 2.04. The number of aliphatic hydroxyl groups excluding tert-OH is 1. The third-order valence-corrected chi connectivity index (χ3v) is 2.53. The Bertz CT molecular complexity index is 492. The first-order chi connectivity index (χ1) is 8.39. The van der Waals surface area contributed by atoms with E-state index < -0.39 is 4.92 Å². The van der Waals surface area contributed by atoms with Crippen molar-refractivity contribution in [1.82, 2.24) is 0 Å². The molecule has 0 saturated carbocycles. The number of nitriles is 1. The van der Waals surface area contributed by atoms with Crippen LogP contribution in [-0.4, -0.2) is 22.2 Å². The molecule has 1 aromatic carbocycles. The third kappa shape index (κ3) is 3.43. The van der Waals surface area contributed by atoms with Crippen molar-refractivity contribution in [2.24, 2.45) is 0 Å². The Morgan fingerprint density at radius 2 is 2.22 bits per heavy atom. The Morgan fingerprint density at radius 1 is 1.56 bits per heavy atom. The van der Waals surface area contributed by atoms with Crippen LogP contribution in [0.15, 0.2) is 18.2 Å². The zero-order chi connectivity index (χ0) is 13.8. The Kier molecular flexibility index (Phi) is 4.23. The van der Waals surface area contributed by atoms with Gasteiger partial charge in [0.05, 0.1) is 4.92 Å². The molecule has 1 aromatic rings. The molecule has 2 N–H and O–H groups in total. The maximum absolute atomic E-state index is 10.7. The number of benzene rings is 1. The summed E-state index contributed by atoms with van der Waals surface area (Å²) >= 11 is 0. The fraction of sp³-hybridized carbons (Fsp3) is 0.417. The van der Waals surface area contributed by atoms with Gasteiger partial charge in [0.2, 0.25) is 0 Å². The van der Waals surface area contributed by atoms with E-state index in [9.17, 15) is 10.1 Å². The fourth-order valence-corrected chi connectivity index (χ4v) is 1.60. The molecule has 0 aliphatic heterocycles. The fourth-order valence-electron chi connectivity index (χ4n) is 1.60. The van der Waals surface area contributed by atoms with Crippen molar-refractivity contribution in [2.45, 2.75) is 25.8 Å². The van der Waals surface area contributed by atoms with Crippen LogP contribution in [0.4, 0.5) is 11.4 Å². The van der Waals surface area contributed by atoms with Gasteiger partial charge in [0.25, 0.3) is 5.69 Å². The Balaban J connectivity index is 3.00. The van der Waals surface area contributed by atoms with Gasteiger partial charge in [-0.25, -0.2) is 0 Å². The summed E-state index contributed by atoms with van der Waals surface area (Å²) in [6.45, 7) is 3.84. The van der Waals surface area contributed by atoms with Crippen LogP contribution in [0, 0.1) is 21.4 Å². The molecule has 0 fully saturated rings. The lowest BCUT2D eigenvalue weighted by atomic mass is 10.0. The lowest BCUT2D eigenvalue weighted by Crippen LogP contribution is -2.31. The summed E-state index contributed by atoms with van der Waals surface area (Å²) in [5.41, 5.74) is 0.0841. The molecule has 0 aromatic heterocycles. The van der Waals surface area contributed by atoms with Crippen molar-refractivity contribution >= 4 is 11.4 Å². The van der Waals surface area contributed by atoms with Gasteiger partial charge in [-0.1, -0.05) is 0 Å². The molecule has 96 valence electrons. The zero-order valence-electron chi connectivity index (χ0n) is 10.3. The highest BCUT2D eigenvalue weighted by Crippen LogP contribution is 2.24. The molecule has 1 rings (SSSR count). The molecular weight excluding hydrogens is 234 g/mol. The molecule has 0 atom stereocenters. The minimum Gasteiger partial charge on any atom is -0.396 e. The van der Waals surface area contributed by atoms with Crippen molar-refractivity contribution in [2.75, 3.05) is 11.9 Å². The van der Waals surface area contributed by atoms with Crippen LogP contribution in [0.3, 0.4) is 0 Å². The van der Waals surface area contributed by atoms with Gasteiger partial charge >= 0.3 is 0 Å². The van der Waals surface area contributed by atoms with Crippen LogP contribution in [0.1, 0.15) is 25.8 Å². The lowest BCUT2D eigenvalue weighted by molar-refractivity contribution is -0.385. The zero-order valence-corrected chi connectivity index (χ0v) is 10.3. The normalized spacial score (nSPS) is 10.8. The van der Waals surface area contributed by atoms with E-state index >= 15 is 0 Å². The van der Waals surface area contributed by atoms with Crippen LogP contribution in [-0.2, 0) is 0 Å². The van der Waals surface area contributed by atoms with Gasteiger partial charge in [-0.3, -0.25) is 10.1 Å². The van der Waals surface area contributed by atoms with E-state index in [0.717, 1.165) is 0 Å². The highest BCUT2D eigenvalue weighted by atomic mass is 16.6. The van der Waals surface area contributed by atoms with E-state index in [1.165, 1.54) is 12.1 Å². The first kappa shape index (κ1) is 13.9. The van der Waals surface area contributed by atoms with E-state index in [4.69, 9.17) is 10.4 Å². The van der Waals surface area contributed by atoms with Gasteiger partial charge < -0.3 is 10.4 Å². The minimum atomic E-state index is -0.582. The van der Waals surface area contributed by atoms with Gasteiger partial charge in [-0.05, 0) is 32.4 Å². The van der Waals surface area contributed by atoms with Gasteiger partial charge in [-0.15, -0.1) is 0 Å². The van der Waals surface area contributed by atoms with E-state index in [1.54, 1.807) is 12.1 Å². The van der Waals surface area contributed by atoms with Crippen LogP contribution in [0.25, 0.3) is 0 Å². The van der Waals surface area contributed by atoms with Crippen molar-refractivity contribution < 1.29 is 10.0 Å². The number of rotatable bonds is 5. The molecular formula is C12H15N3O3. The first-order valence-electron chi connectivity index (χ1n) is 5.47. The first-order valence-corrected chi connectivity index (χ1v) is 5.47. The molecule has 0 saturated heterocycles. The molecule has 0 amide bonds. The summed E-state index contributed by atoms with van der Waals surface area (Å²) in [6, 6.07) is 6.10. The van der Waals surface area contributed by atoms with Gasteiger partial charge in [-0.2, -0.15) is 5.26 Å². The number of nitro benzene ring substituents is 1. The number of nitrogens with zero attached hydrogens (tertiary/aromatic N) is 2. The average Bonchev–Trinajstić information content (AvgIpc) is 2.27. The SMILES string of the molecule is CC(C)(CCO)Nc1ccc([N+](=O)[O-])c(C#N)c1. The molecule has 0 aliphatic carbocycles. The molecule has 0 radical (unpaired) electrons. The second kappa shape index (κ2) is 5.47. The van der Waals surface area contributed by atoms with Crippen molar-refractivity contribution in [1.29, 1.82) is 5.26 Å². The summed E-state index contributed by atoms with van der Waals surface area (Å²) in [5.74, 6) is 0. The molecule has 0 aliphatic rings. The van der Waals surface area contributed by atoms with Crippen LogP contribution in [0.5, 0.6) is 0 Å². The van der Waals surface area contributed by atoms with Gasteiger partial charge in [0.1, 0.15) is 11.6 Å². The van der Waals surface area contributed by atoms with Crippen LogP contribution >= 0.6 is 0 Å². The number of hydrogen-bond acceptors (Lipinski definition) is 5. The molecule has 0 bridgehead atoms. The van der Waals surface area contributed by atoms with E-state index in [1.807, 2.05) is 13.8 Å². The van der Waals surface area contributed by atoms with Crippen molar-refractivity contribution in [3.63, 3.8) is 0 Å². The number of nitrogens with one attached hydrogen (secondary N) is 1. The monoisotopic (exact) mass is 249 g/mol. The van der Waals surface area contributed by atoms with Crippen molar-refractivity contribution in [3.8, 4) is 6.07 Å². The highest BCUT2D eigenvalue weighted by molar-refractivity contribution is 5.59. The molecule has 6 heteroatoms. The van der Waals surface area contributed by atoms with Crippen molar-refractivity contribution in [3.05, 3.63) is 33.9 Å². The summed E-state index contributed by atoms with van der Waals surface area (Å²) in [6.07, 6.45) is 0.534. The highest BCUT2D eigenvalue weighted by Gasteiger charge is 2.19. The Labute approximate surface area is 105 Å². The van der Waals surface area contributed by atoms with Gasteiger partial charge in [0, 0.05) is 23.9 Å². The molecule has 0 spiro atoms.